The van der Waals surface area contributed by atoms with Crippen LogP contribution in [-0.2, 0) is 9.59 Å². The fourth-order valence-corrected chi connectivity index (χ4v) is 9.81. The third-order valence-corrected chi connectivity index (χ3v) is 12.1. The molecule has 218 valence electrons. The van der Waals surface area contributed by atoms with Gasteiger partial charge in [-0.05, 0) is 104 Å². The lowest BCUT2D eigenvalue weighted by atomic mass is 9.43. The van der Waals surface area contributed by atoms with Crippen molar-refractivity contribution in [2.24, 2.45) is 46.3 Å². The molecule has 5 N–H and O–H groups in total. The molecule has 0 spiro atoms. The van der Waals surface area contributed by atoms with Gasteiger partial charge in [0.2, 0.25) is 5.91 Å². The lowest BCUT2D eigenvalue weighted by Crippen LogP contribution is -2.62. The van der Waals surface area contributed by atoms with Crippen molar-refractivity contribution in [2.75, 3.05) is 0 Å². The fourth-order valence-electron chi connectivity index (χ4n) is 9.81. The molecule has 0 bridgehead atoms. The molecule has 7 nitrogen and oxygen atoms in total. The number of fused-ring (bicyclic) bond motifs is 5. The SMILES string of the molecule is CCCCCC(NC(=O)CC[C@@H](C)[C@H]1CCC2[C@@H]3[C@H](O)C[C@@H]4C[C@H](O)CC[C@]4(C)[C@H]3C[C@H](O)[C@@]21C)C(=O)O. The Morgan fingerprint density at radius 1 is 0.974 bits per heavy atom. The van der Waals surface area contributed by atoms with Crippen LogP contribution in [0.1, 0.15) is 111 Å². The summed E-state index contributed by atoms with van der Waals surface area (Å²) in [5, 5.41) is 45.7. The molecule has 12 atom stereocenters. The number of nitrogens with one attached hydrogen (secondary N) is 1. The van der Waals surface area contributed by atoms with E-state index in [1.165, 1.54) is 0 Å². The van der Waals surface area contributed by atoms with E-state index < -0.39 is 18.1 Å². The molecule has 1 amide bonds. The van der Waals surface area contributed by atoms with E-state index in [1.807, 2.05) is 0 Å². The fraction of sp³-hybridized carbons (Fsp3) is 0.935. The molecule has 0 aromatic rings. The first kappa shape index (κ1) is 29.8. The van der Waals surface area contributed by atoms with E-state index in [0.29, 0.717) is 31.6 Å². The Morgan fingerprint density at radius 3 is 2.39 bits per heavy atom. The molecule has 0 aromatic carbocycles. The summed E-state index contributed by atoms with van der Waals surface area (Å²) in [4.78, 5) is 24.3. The van der Waals surface area contributed by atoms with Crippen LogP contribution in [0.3, 0.4) is 0 Å². The topological polar surface area (TPSA) is 127 Å². The summed E-state index contributed by atoms with van der Waals surface area (Å²) in [5.41, 5.74) is -0.232. The second-order valence-corrected chi connectivity index (χ2v) is 14.0. The zero-order chi connectivity index (χ0) is 27.8. The molecular weight excluding hydrogens is 482 g/mol. The van der Waals surface area contributed by atoms with Crippen LogP contribution in [-0.4, -0.2) is 56.7 Å². The minimum Gasteiger partial charge on any atom is -0.480 e. The first-order chi connectivity index (χ1) is 17.9. The van der Waals surface area contributed by atoms with E-state index in [0.717, 1.165) is 57.8 Å². The highest BCUT2D eigenvalue weighted by molar-refractivity contribution is 5.83. The van der Waals surface area contributed by atoms with Gasteiger partial charge < -0.3 is 25.7 Å². The van der Waals surface area contributed by atoms with Crippen molar-refractivity contribution in [2.45, 2.75) is 136 Å². The summed E-state index contributed by atoms with van der Waals surface area (Å²) in [6, 6.07) is -0.825. The average molecular weight is 536 g/mol. The van der Waals surface area contributed by atoms with Gasteiger partial charge in [-0.1, -0.05) is 47.0 Å². The second kappa shape index (κ2) is 11.7. The summed E-state index contributed by atoms with van der Waals surface area (Å²) in [6.45, 7) is 8.83. The Bertz CT molecular complexity index is 850. The van der Waals surface area contributed by atoms with E-state index in [9.17, 15) is 30.0 Å². The number of carbonyl (C=O) groups excluding carboxylic acids is 1. The molecule has 0 aliphatic heterocycles. The molecule has 0 radical (unpaired) electrons. The van der Waals surface area contributed by atoms with Gasteiger partial charge >= 0.3 is 5.97 Å². The van der Waals surface area contributed by atoms with Gasteiger partial charge in [-0.2, -0.15) is 0 Å². The van der Waals surface area contributed by atoms with E-state index in [4.69, 9.17) is 0 Å². The second-order valence-electron chi connectivity index (χ2n) is 14.0. The zero-order valence-electron chi connectivity index (χ0n) is 24.1. The minimum atomic E-state index is -0.969. The minimum absolute atomic E-state index is 0.0606. The highest BCUT2D eigenvalue weighted by atomic mass is 16.4. The van der Waals surface area contributed by atoms with Crippen LogP contribution >= 0.6 is 0 Å². The van der Waals surface area contributed by atoms with Gasteiger partial charge in [0.05, 0.1) is 18.3 Å². The first-order valence-corrected chi connectivity index (χ1v) is 15.5. The molecule has 4 saturated carbocycles. The van der Waals surface area contributed by atoms with Crippen molar-refractivity contribution in [1.82, 2.24) is 5.32 Å². The molecular formula is C31H53NO6. The standard InChI is InChI=1S/C31H53NO6/c1-5-6-7-8-24(29(37)38)32-27(36)12-9-18(2)21-10-11-22-28-23(17-26(35)31(21,22)4)30(3)14-13-20(33)15-19(30)16-25(28)34/h18-26,28,33-35H,5-17H2,1-4H3,(H,32,36)(H,37,38)/t18-,19+,20-,21-,22?,23+,24?,25-,26+,28+,30+,31-/m1/s1. The zero-order valence-corrected chi connectivity index (χ0v) is 24.1. The number of carbonyl (C=O) groups is 2. The number of carboxylic acids is 1. The Morgan fingerprint density at radius 2 is 1.71 bits per heavy atom. The van der Waals surface area contributed by atoms with Crippen molar-refractivity contribution >= 4 is 11.9 Å². The first-order valence-electron chi connectivity index (χ1n) is 15.5. The molecule has 2 unspecified atom stereocenters. The summed E-state index contributed by atoms with van der Waals surface area (Å²) in [5.74, 6) is 0.338. The summed E-state index contributed by atoms with van der Waals surface area (Å²) < 4.78 is 0. The largest absolute Gasteiger partial charge is 0.480 e. The monoisotopic (exact) mass is 535 g/mol. The normalized spacial score (nSPS) is 43.9. The molecule has 7 heteroatoms. The maximum absolute atomic E-state index is 12.7. The maximum Gasteiger partial charge on any atom is 0.326 e. The van der Waals surface area contributed by atoms with Crippen molar-refractivity contribution < 1.29 is 30.0 Å². The lowest BCUT2D eigenvalue weighted by Gasteiger charge is -2.63. The molecule has 0 aromatic heterocycles. The van der Waals surface area contributed by atoms with Crippen LogP contribution in [0.5, 0.6) is 0 Å². The van der Waals surface area contributed by atoms with Crippen LogP contribution in [0, 0.1) is 46.3 Å². The number of aliphatic hydroxyl groups excluding tert-OH is 3. The number of hydrogen-bond acceptors (Lipinski definition) is 5. The van der Waals surface area contributed by atoms with Gasteiger partial charge in [0, 0.05) is 6.42 Å². The lowest BCUT2D eigenvalue weighted by molar-refractivity contribution is -0.207. The molecule has 4 fully saturated rings. The van der Waals surface area contributed by atoms with E-state index >= 15 is 0 Å². The van der Waals surface area contributed by atoms with Crippen LogP contribution in [0.25, 0.3) is 0 Å². The highest BCUT2D eigenvalue weighted by Crippen LogP contribution is 2.68. The third kappa shape index (κ3) is 5.41. The van der Waals surface area contributed by atoms with E-state index in [1.54, 1.807) is 0 Å². The van der Waals surface area contributed by atoms with Crippen molar-refractivity contribution in [3.63, 3.8) is 0 Å². The average Bonchev–Trinajstić information content (AvgIpc) is 3.22. The van der Waals surface area contributed by atoms with Gasteiger partial charge in [0.15, 0.2) is 0 Å². The van der Waals surface area contributed by atoms with Gasteiger partial charge in [0.25, 0.3) is 0 Å². The smallest absolute Gasteiger partial charge is 0.326 e. The molecule has 4 rings (SSSR count). The van der Waals surface area contributed by atoms with Gasteiger partial charge in [-0.25, -0.2) is 4.79 Å². The molecule has 38 heavy (non-hydrogen) atoms. The third-order valence-electron chi connectivity index (χ3n) is 12.1. The number of unbranched alkanes of at least 4 members (excludes halogenated alkanes) is 2. The van der Waals surface area contributed by atoms with Gasteiger partial charge in [0.1, 0.15) is 6.04 Å². The molecule has 0 heterocycles. The van der Waals surface area contributed by atoms with Crippen molar-refractivity contribution in [1.29, 1.82) is 0 Å². The highest BCUT2D eigenvalue weighted by Gasteiger charge is 2.65. The predicted octanol–water partition coefficient (Wildman–Crippen LogP) is 4.51. The Labute approximate surface area is 229 Å². The number of amides is 1. The van der Waals surface area contributed by atoms with Crippen LogP contribution < -0.4 is 5.32 Å². The van der Waals surface area contributed by atoms with Crippen molar-refractivity contribution in [3.8, 4) is 0 Å². The number of rotatable bonds is 10. The summed E-state index contributed by atoms with van der Waals surface area (Å²) in [6.07, 6.45) is 9.06. The van der Waals surface area contributed by atoms with Crippen LogP contribution in [0.4, 0.5) is 0 Å². The Hall–Kier alpha value is -1.18. The van der Waals surface area contributed by atoms with Crippen molar-refractivity contribution in [3.05, 3.63) is 0 Å². The predicted molar refractivity (Wildman–Crippen MR) is 146 cm³/mol. The molecule has 4 aliphatic rings. The molecule has 0 saturated heterocycles. The maximum atomic E-state index is 12.7. The number of aliphatic hydroxyl groups is 3. The van der Waals surface area contributed by atoms with E-state index in [2.05, 4.69) is 33.0 Å². The quantitative estimate of drug-likeness (QED) is 0.262. The Balaban J connectivity index is 1.41. The number of aliphatic carboxylic acids is 1. The number of hydrogen-bond donors (Lipinski definition) is 5. The summed E-state index contributed by atoms with van der Waals surface area (Å²) in [7, 11) is 0. The van der Waals surface area contributed by atoms with Crippen LogP contribution in [0.2, 0.25) is 0 Å². The summed E-state index contributed by atoms with van der Waals surface area (Å²) >= 11 is 0. The van der Waals surface area contributed by atoms with E-state index in [-0.39, 0.29) is 58.5 Å². The molecule has 4 aliphatic carbocycles. The van der Waals surface area contributed by atoms with Gasteiger partial charge in [-0.15, -0.1) is 0 Å². The number of carboxylic acid groups (broad SMARTS) is 1. The Kier molecular flexibility index (Phi) is 9.21. The van der Waals surface area contributed by atoms with Crippen LogP contribution in [0.15, 0.2) is 0 Å². The van der Waals surface area contributed by atoms with Gasteiger partial charge in [-0.3, -0.25) is 4.79 Å².